The van der Waals surface area contributed by atoms with Gasteiger partial charge < -0.3 is 0 Å². The molecule has 0 saturated heterocycles. The predicted molar refractivity (Wildman–Crippen MR) is 75.8 cm³/mol. The van der Waals surface area contributed by atoms with Gasteiger partial charge in [-0.3, -0.25) is 4.90 Å². The van der Waals surface area contributed by atoms with Crippen molar-refractivity contribution in [2.45, 2.75) is 25.9 Å². The molecule has 1 aromatic rings. The average Bonchev–Trinajstić information content (AvgIpc) is 2.23. The lowest BCUT2D eigenvalue weighted by Gasteiger charge is -2.34. The summed E-state index contributed by atoms with van der Waals surface area (Å²) in [5.74, 6) is 0. The molecule has 4 heteroatoms. The highest BCUT2D eigenvalue weighted by molar-refractivity contribution is 9.09. The van der Waals surface area contributed by atoms with Gasteiger partial charge in [-0.05, 0) is 44.7 Å². The molecular formula is C12H16BrCl2N. The van der Waals surface area contributed by atoms with Crippen molar-refractivity contribution in [2.75, 3.05) is 12.4 Å². The molecule has 0 bridgehead atoms. The first kappa shape index (κ1) is 14.3. The van der Waals surface area contributed by atoms with Crippen molar-refractivity contribution in [1.29, 1.82) is 0 Å². The number of hydrogen-bond donors (Lipinski definition) is 0. The van der Waals surface area contributed by atoms with Gasteiger partial charge in [-0.25, -0.2) is 0 Å². The molecule has 0 heterocycles. The van der Waals surface area contributed by atoms with E-state index in [4.69, 9.17) is 23.2 Å². The third kappa shape index (κ3) is 3.63. The zero-order valence-corrected chi connectivity index (χ0v) is 12.8. The number of hydrogen-bond acceptors (Lipinski definition) is 1. The van der Waals surface area contributed by atoms with Crippen LogP contribution in [0.5, 0.6) is 0 Å². The van der Waals surface area contributed by atoms with Crippen LogP contribution in [0, 0.1) is 0 Å². The third-order valence-corrected chi connectivity index (χ3v) is 4.75. The summed E-state index contributed by atoms with van der Waals surface area (Å²) in [6.07, 6.45) is 0. The topological polar surface area (TPSA) is 3.24 Å². The van der Waals surface area contributed by atoms with E-state index in [1.165, 1.54) is 0 Å². The second-order valence-electron chi connectivity index (χ2n) is 4.54. The summed E-state index contributed by atoms with van der Waals surface area (Å²) in [6, 6.07) is 5.57. The largest absolute Gasteiger partial charge is 0.296 e. The van der Waals surface area contributed by atoms with Crippen molar-refractivity contribution in [1.82, 2.24) is 4.90 Å². The Morgan fingerprint density at radius 3 is 2.50 bits per heavy atom. The van der Waals surface area contributed by atoms with E-state index in [-0.39, 0.29) is 5.54 Å². The summed E-state index contributed by atoms with van der Waals surface area (Å²) in [5, 5.41) is 2.40. The Balaban J connectivity index is 2.84. The van der Waals surface area contributed by atoms with Crippen LogP contribution in [-0.2, 0) is 6.54 Å². The molecule has 0 atom stereocenters. The van der Waals surface area contributed by atoms with Crippen LogP contribution in [0.3, 0.4) is 0 Å². The van der Waals surface area contributed by atoms with Crippen LogP contribution in [0.15, 0.2) is 18.2 Å². The van der Waals surface area contributed by atoms with Gasteiger partial charge in [0.15, 0.2) is 0 Å². The Morgan fingerprint density at radius 1 is 1.31 bits per heavy atom. The standard InChI is InChI=1S/C12H16BrCl2N/c1-12(2,8-13)16(3)7-9-6-10(14)4-5-11(9)15/h4-6H,7-8H2,1-3H3. The van der Waals surface area contributed by atoms with Crippen LogP contribution in [0.1, 0.15) is 19.4 Å². The van der Waals surface area contributed by atoms with Gasteiger partial charge in [0.25, 0.3) is 0 Å². The van der Waals surface area contributed by atoms with E-state index >= 15 is 0 Å². The first-order valence-corrected chi connectivity index (χ1v) is 6.95. The number of halogens is 3. The molecule has 0 amide bonds. The van der Waals surface area contributed by atoms with Crippen molar-refractivity contribution in [3.05, 3.63) is 33.8 Å². The smallest absolute Gasteiger partial charge is 0.0452 e. The highest BCUT2D eigenvalue weighted by atomic mass is 79.9. The minimum atomic E-state index is 0.0889. The number of alkyl halides is 1. The maximum atomic E-state index is 6.14. The lowest BCUT2D eigenvalue weighted by Crippen LogP contribution is -2.42. The van der Waals surface area contributed by atoms with E-state index in [2.05, 4.69) is 41.7 Å². The van der Waals surface area contributed by atoms with Crippen LogP contribution in [0.4, 0.5) is 0 Å². The molecule has 16 heavy (non-hydrogen) atoms. The van der Waals surface area contributed by atoms with Gasteiger partial charge in [0.1, 0.15) is 0 Å². The molecule has 0 aliphatic carbocycles. The van der Waals surface area contributed by atoms with Crippen molar-refractivity contribution in [2.24, 2.45) is 0 Å². The number of benzene rings is 1. The van der Waals surface area contributed by atoms with Gasteiger partial charge in [-0.2, -0.15) is 0 Å². The van der Waals surface area contributed by atoms with E-state index in [9.17, 15) is 0 Å². The molecule has 0 aliphatic rings. The minimum Gasteiger partial charge on any atom is -0.296 e. The molecule has 0 aromatic heterocycles. The maximum absolute atomic E-state index is 6.14. The Labute approximate surface area is 116 Å². The summed E-state index contributed by atoms with van der Waals surface area (Å²) in [7, 11) is 2.08. The zero-order valence-electron chi connectivity index (χ0n) is 9.73. The average molecular weight is 325 g/mol. The Bertz CT molecular complexity index is 366. The van der Waals surface area contributed by atoms with Crippen LogP contribution < -0.4 is 0 Å². The Morgan fingerprint density at radius 2 is 1.94 bits per heavy atom. The van der Waals surface area contributed by atoms with E-state index in [1.807, 2.05) is 18.2 Å². The summed E-state index contributed by atoms with van der Waals surface area (Å²) in [5.41, 5.74) is 1.15. The van der Waals surface area contributed by atoms with Gasteiger partial charge in [0.05, 0.1) is 0 Å². The molecule has 0 fully saturated rings. The molecule has 0 N–H and O–H groups in total. The van der Waals surface area contributed by atoms with Crippen LogP contribution in [0.2, 0.25) is 10.0 Å². The second-order valence-corrected chi connectivity index (χ2v) is 5.94. The highest BCUT2D eigenvalue weighted by Gasteiger charge is 2.22. The van der Waals surface area contributed by atoms with Gasteiger partial charge in [-0.1, -0.05) is 39.1 Å². The van der Waals surface area contributed by atoms with Gasteiger partial charge in [0.2, 0.25) is 0 Å². The third-order valence-electron chi connectivity index (χ3n) is 2.78. The molecule has 1 aromatic carbocycles. The molecule has 0 spiro atoms. The molecule has 0 radical (unpaired) electrons. The maximum Gasteiger partial charge on any atom is 0.0452 e. The summed E-state index contributed by atoms with van der Waals surface area (Å²) in [6.45, 7) is 5.15. The van der Waals surface area contributed by atoms with E-state index in [0.29, 0.717) is 0 Å². The monoisotopic (exact) mass is 323 g/mol. The van der Waals surface area contributed by atoms with Crippen LogP contribution >= 0.6 is 39.1 Å². The number of nitrogens with zero attached hydrogens (tertiary/aromatic N) is 1. The molecule has 1 nitrogen and oxygen atoms in total. The van der Waals surface area contributed by atoms with E-state index < -0.39 is 0 Å². The van der Waals surface area contributed by atoms with Gasteiger partial charge >= 0.3 is 0 Å². The predicted octanol–water partition coefficient (Wildman–Crippen LogP) is 4.60. The lowest BCUT2D eigenvalue weighted by atomic mass is 10.1. The van der Waals surface area contributed by atoms with Crippen molar-refractivity contribution < 1.29 is 0 Å². The second kappa shape index (κ2) is 5.72. The first-order valence-electron chi connectivity index (χ1n) is 5.08. The summed E-state index contributed by atoms with van der Waals surface area (Å²) < 4.78 is 0. The Hall–Kier alpha value is 0.240. The van der Waals surface area contributed by atoms with Crippen molar-refractivity contribution >= 4 is 39.1 Å². The van der Waals surface area contributed by atoms with E-state index in [0.717, 1.165) is 27.5 Å². The fourth-order valence-electron chi connectivity index (χ4n) is 1.24. The highest BCUT2D eigenvalue weighted by Crippen LogP contribution is 2.25. The van der Waals surface area contributed by atoms with Crippen molar-refractivity contribution in [3.63, 3.8) is 0 Å². The molecule has 0 aliphatic heterocycles. The normalized spacial score (nSPS) is 12.2. The quantitative estimate of drug-likeness (QED) is 0.732. The SMILES string of the molecule is CN(Cc1cc(Cl)ccc1Cl)C(C)(C)CBr. The molecule has 90 valence electrons. The van der Waals surface area contributed by atoms with Crippen molar-refractivity contribution in [3.8, 4) is 0 Å². The van der Waals surface area contributed by atoms with Crippen LogP contribution in [0.25, 0.3) is 0 Å². The fourth-order valence-corrected chi connectivity index (χ4v) is 2.04. The molecule has 0 saturated carbocycles. The molecule has 1 rings (SSSR count). The minimum absolute atomic E-state index is 0.0889. The summed E-state index contributed by atoms with van der Waals surface area (Å²) in [4.78, 5) is 2.25. The molecular weight excluding hydrogens is 309 g/mol. The van der Waals surface area contributed by atoms with Gasteiger partial charge in [0, 0.05) is 27.5 Å². The number of rotatable bonds is 4. The fraction of sp³-hybridized carbons (Fsp3) is 0.500. The van der Waals surface area contributed by atoms with Gasteiger partial charge in [-0.15, -0.1) is 0 Å². The first-order chi connectivity index (χ1) is 7.36. The lowest BCUT2D eigenvalue weighted by molar-refractivity contribution is 0.173. The van der Waals surface area contributed by atoms with Crippen LogP contribution in [-0.4, -0.2) is 22.8 Å². The van der Waals surface area contributed by atoms with E-state index in [1.54, 1.807) is 0 Å². The molecule has 0 unspecified atom stereocenters. The zero-order chi connectivity index (χ0) is 12.3. The summed E-state index contributed by atoms with van der Waals surface area (Å²) >= 11 is 15.6. The Kier molecular flexibility index (Phi) is 5.11.